The van der Waals surface area contributed by atoms with Crippen LogP contribution in [0.5, 0.6) is 0 Å². The molecule has 37 heavy (non-hydrogen) atoms. The predicted molar refractivity (Wildman–Crippen MR) is 176 cm³/mol. The first-order valence-corrected chi connectivity index (χ1v) is 18.7. The van der Waals surface area contributed by atoms with Gasteiger partial charge < -0.3 is 0 Å². The zero-order chi connectivity index (χ0) is 25.4. The van der Waals surface area contributed by atoms with E-state index in [-0.39, 0.29) is 15.8 Å². The number of hydrogen-bond acceptors (Lipinski definition) is 2. The maximum Gasteiger partial charge on any atom is -0.00597 e. The minimum absolute atomic E-state index is 0.241. The molecule has 0 atom stereocenters. The zero-order valence-electron chi connectivity index (χ0n) is 21.6. The Labute approximate surface area is 235 Å². The number of hydrogen-bond donors (Lipinski definition) is 0. The summed E-state index contributed by atoms with van der Waals surface area (Å²) < 4.78 is 0. The molecule has 0 spiro atoms. The lowest BCUT2D eigenvalue weighted by Gasteiger charge is -2.18. The summed E-state index contributed by atoms with van der Waals surface area (Å²) in [6.45, 7) is 0. The van der Waals surface area contributed by atoms with Crippen molar-refractivity contribution < 1.29 is 0 Å². The third-order valence-electron chi connectivity index (χ3n) is 6.19. The monoisotopic (exact) mass is 560 g/mol. The maximum atomic E-state index is 2.31. The Balaban J connectivity index is 1.09. The standard InChI is InChI=1S/C33H38P2S2/c1-5-16-30(17-6-1)34(31-18-7-2-8-19-31)24-13-26-36-28-15-29-37-27-14-25-35(32-20-9-3-10-21-32)33-22-11-4-12-23-33/h1-12,16-23H,13-15,24-29H2. The van der Waals surface area contributed by atoms with E-state index < -0.39 is 0 Å². The highest BCUT2D eigenvalue weighted by molar-refractivity contribution is 8.00. The lowest BCUT2D eigenvalue weighted by Crippen LogP contribution is -2.14. The van der Waals surface area contributed by atoms with Crippen molar-refractivity contribution in [3.05, 3.63) is 121 Å². The molecule has 0 aliphatic heterocycles. The van der Waals surface area contributed by atoms with Gasteiger partial charge in [-0.2, -0.15) is 23.5 Å². The van der Waals surface area contributed by atoms with Crippen LogP contribution in [0.3, 0.4) is 0 Å². The van der Waals surface area contributed by atoms with Crippen LogP contribution < -0.4 is 21.2 Å². The molecule has 0 nitrogen and oxygen atoms in total. The molecule has 0 radical (unpaired) electrons. The molecule has 4 aromatic carbocycles. The van der Waals surface area contributed by atoms with Crippen molar-refractivity contribution in [1.29, 1.82) is 0 Å². The Hall–Kier alpha value is -1.56. The quantitative estimate of drug-likeness (QED) is 0.101. The maximum absolute atomic E-state index is 2.31. The van der Waals surface area contributed by atoms with Crippen molar-refractivity contribution in [2.75, 3.05) is 35.3 Å². The van der Waals surface area contributed by atoms with E-state index in [4.69, 9.17) is 0 Å². The molecule has 0 aromatic heterocycles. The average molecular weight is 561 g/mol. The van der Waals surface area contributed by atoms with Crippen molar-refractivity contribution in [2.24, 2.45) is 0 Å². The summed E-state index contributed by atoms with van der Waals surface area (Å²) in [4.78, 5) is 0. The highest BCUT2D eigenvalue weighted by Crippen LogP contribution is 2.35. The van der Waals surface area contributed by atoms with Crippen molar-refractivity contribution in [2.45, 2.75) is 19.3 Å². The van der Waals surface area contributed by atoms with Crippen molar-refractivity contribution in [3.63, 3.8) is 0 Å². The molecule has 0 amide bonds. The highest BCUT2D eigenvalue weighted by Gasteiger charge is 2.14. The van der Waals surface area contributed by atoms with Gasteiger partial charge in [0.25, 0.3) is 0 Å². The lowest BCUT2D eigenvalue weighted by molar-refractivity contribution is 1.08. The summed E-state index contributed by atoms with van der Waals surface area (Å²) in [5.74, 6) is 5.15. The Bertz CT molecular complexity index is 938. The van der Waals surface area contributed by atoms with E-state index >= 15 is 0 Å². The minimum Gasteiger partial charge on any atom is -0.162 e. The molecule has 0 N–H and O–H groups in total. The molecule has 0 saturated heterocycles. The first kappa shape index (κ1) is 28.4. The second-order valence-corrected chi connectivity index (χ2v) is 16.1. The average Bonchev–Trinajstić information content (AvgIpc) is 2.97. The van der Waals surface area contributed by atoms with Crippen LogP contribution in [0.15, 0.2) is 121 Å². The number of benzene rings is 4. The predicted octanol–water partition coefficient (Wildman–Crippen LogP) is 7.89. The zero-order valence-corrected chi connectivity index (χ0v) is 25.0. The van der Waals surface area contributed by atoms with Gasteiger partial charge in [-0.05, 0) is 91.7 Å². The van der Waals surface area contributed by atoms with Crippen LogP contribution in [0.1, 0.15) is 19.3 Å². The van der Waals surface area contributed by atoms with Crippen LogP contribution in [-0.2, 0) is 0 Å². The van der Waals surface area contributed by atoms with E-state index in [0.717, 1.165) is 0 Å². The fraction of sp³-hybridized carbons (Fsp3) is 0.273. The molecule has 0 fully saturated rings. The second-order valence-electron chi connectivity index (χ2n) is 8.93. The van der Waals surface area contributed by atoms with Gasteiger partial charge in [0.2, 0.25) is 0 Å². The van der Waals surface area contributed by atoms with E-state index in [9.17, 15) is 0 Å². The topological polar surface area (TPSA) is 0 Å². The lowest BCUT2D eigenvalue weighted by atomic mass is 10.4. The summed E-state index contributed by atoms with van der Waals surface area (Å²) in [5, 5.41) is 6.03. The largest absolute Gasteiger partial charge is 0.162 e. The van der Waals surface area contributed by atoms with E-state index in [0.29, 0.717) is 0 Å². The Morgan fingerprint density at radius 2 is 0.622 bits per heavy atom. The molecule has 0 aliphatic carbocycles. The Kier molecular flexibility index (Phi) is 13.2. The van der Waals surface area contributed by atoms with Gasteiger partial charge in [0.15, 0.2) is 0 Å². The minimum atomic E-state index is -0.241. The van der Waals surface area contributed by atoms with Crippen LogP contribution >= 0.6 is 39.4 Å². The molecule has 192 valence electrons. The van der Waals surface area contributed by atoms with Gasteiger partial charge in [-0.1, -0.05) is 121 Å². The van der Waals surface area contributed by atoms with Crippen molar-refractivity contribution >= 4 is 60.6 Å². The molecule has 4 heteroatoms. The van der Waals surface area contributed by atoms with Crippen molar-refractivity contribution in [3.8, 4) is 0 Å². The third-order valence-corrected chi connectivity index (χ3v) is 13.7. The van der Waals surface area contributed by atoms with Gasteiger partial charge in [-0.15, -0.1) is 0 Å². The van der Waals surface area contributed by atoms with Crippen LogP contribution in [0, 0.1) is 0 Å². The first-order chi connectivity index (χ1) is 18.4. The fourth-order valence-corrected chi connectivity index (χ4v) is 11.5. The van der Waals surface area contributed by atoms with Crippen LogP contribution in [0.2, 0.25) is 0 Å². The summed E-state index contributed by atoms with van der Waals surface area (Å²) in [5.41, 5.74) is 0. The van der Waals surface area contributed by atoms with Crippen LogP contribution in [-0.4, -0.2) is 35.3 Å². The summed E-state index contributed by atoms with van der Waals surface area (Å²) in [6, 6.07) is 44.5. The SMILES string of the molecule is c1ccc(P(CCCSCCCSCCCP(c2ccccc2)c2ccccc2)c2ccccc2)cc1. The van der Waals surface area contributed by atoms with Gasteiger partial charge in [0, 0.05) is 0 Å². The van der Waals surface area contributed by atoms with Gasteiger partial charge in [-0.25, -0.2) is 0 Å². The third kappa shape index (κ3) is 9.92. The number of thioether (sulfide) groups is 2. The molecule has 4 aromatic rings. The van der Waals surface area contributed by atoms with Gasteiger partial charge in [0.1, 0.15) is 0 Å². The van der Waals surface area contributed by atoms with Crippen molar-refractivity contribution in [1.82, 2.24) is 0 Å². The smallest absolute Gasteiger partial charge is 0.00597 e. The molecule has 4 rings (SSSR count). The Morgan fingerprint density at radius 3 is 0.919 bits per heavy atom. The van der Waals surface area contributed by atoms with Gasteiger partial charge >= 0.3 is 0 Å². The fourth-order valence-electron chi connectivity index (χ4n) is 4.36. The first-order valence-electron chi connectivity index (χ1n) is 13.3. The number of rotatable bonds is 16. The molecule has 0 bridgehead atoms. The molecule has 0 heterocycles. The van der Waals surface area contributed by atoms with E-state index in [1.807, 2.05) is 0 Å². The normalized spacial score (nSPS) is 11.3. The highest BCUT2D eigenvalue weighted by atomic mass is 32.2. The Morgan fingerprint density at radius 1 is 0.351 bits per heavy atom. The van der Waals surface area contributed by atoms with Crippen LogP contribution in [0.25, 0.3) is 0 Å². The van der Waals surface area contributed by atoms with E-state index in [1.165, 1.54) is 75.8 Å². The molecule has 0 aliphatic rings. The summed E-state index contributed by atoms with van der Waals surface area (Å²) in [6.07, 6.45) is 6.51. The molecule has 0 unspecified atom stereocenters. The molecular formula is C33H38P2S2. The van der Waals surface area contributed by atoms with E-state index in [1.54, 1.807) is 0 Å². The van der Waals surface area contributed by atoms with Crippen LogP contribution in [0.4, 0.5) is 0 Å². The van der Waals surface area contributed by atoms with E-state index in [2.05, 4.69) is 145 Å². The summed E-state index contributed by atoms with van der Waals surface area (Å²) in [7, 11) is -0.482. The molecule has 0 saturated carbocycles. The second kappa shape index (κ2) is 17.1. The van der Waals surface area contributed by atoms with Gasteiger partial charge in [0.05, 0.1) is 0 Å². The van der Waals surface area contributed by atoms with Gasteiger partial charge in [-0.3, -0.25) is 0 Å². The summed E-state index contributed by atoms with van der Waals surface area (Å²) >= 11 is 4.30. The molecular weight excluding hydrogens is 522 g/mol.